The number of hydrogen-bond donors (Lipinski definition) is 1. The van der Waals surface area contributed by atoms with Gasteiger partial charge in [-0.3, -0.25) is 4.79 Å². The molecule has 1 unspecified atom stereocenters. The van der Waals surface area contributed by atoms with Crippen LogP contribution in [0.2, 0.25) is 0 Å². The maximum Gasteiger partial charge on any atom is 0.322 e. The van der Waals surface area contributed by atoms with Crippen molar-refractivity contribution in [2.24, 2.45) is 0 Å². The Labute approximate surface area is 93.6 Å². The van der Waals surface area contributed by atoms with E-state index in [1.165, 1.54) is 7.11 Å². The van der Waals surface area contributed by atoms with Crippen LogP contribution in [-0.2, 0) is 9.53 Å². The summed E-state index contributed by atoms with van der Waals surface area (Å²) in [6, 6.07) is 0.297. The van der Waals surface area contributed by atoms with Gasteiger partial charge in [0.1, 0.15) is 6.04 Å². The van der Waals surface area contributed by atoms with Crippen LogP contribution in [0.1, 0.15) is 52.9 Å². The van der Waals surface area contributed by atoms with Crippen LogP contribution >= 0.6 is 0 Å². The van der Waals surface area contributed by atoms with Gasteiger partial charge in [-0.1, -0.05) is 33.6 Å². The zero-order valence-electron chi connectivity index (χ0n) is 10.5. The van der Waals surface area contributed by atoms with Crippen LogP contribution in [0.15, 0.2) is 0 Å². The van der Waals surface area contributed by atoms with Crippen molar-refractivity contribution in [2.75, 3.05) is 7.11 Å². The van der Waals surface area contributed by atoms with Crippen LogP contribution in [-0.4, -0.2) is 25.2 Å². The van der Waals surface area contributed by atoms with Gasteiger partial charge >= 0.3 is 5.97 Å². The van der Waals surface area contributed by atoms with Gasteiger partial charge < -0.3 is 10.1 Å². The normalized spacial score (nSPS) is 12.9. The molecular weight excluding hydrogens is 190 g/mol. The van der Waals surface area contributed by atoms with Crippen LogP contribution in [0.25, 0.3) is 0 Å². The van der Waals surface area contributed by atoms with E-state index in [-0.39, 0.29) is 12.0 Å². The molecule has 15 heavy (non-hydrogen) atoms. The minimum absolute atomic E-state index is 0.125. The van der Waals surface area contributed by atoms with Crippen LogP contribution in [0.5, 0.6) is 0 Å². The molecule has 90 valence electrons. The molecule has 0 aliphatic carbocycles. The van der Waals surface area contributed by atoms with Crippen molar-refractivity contribution in [3.8, 4) is 0 Å². The summed E-state index contributed by atoms with van der Waals surface area (Å²) in [5.74, 6) is -0.129. The van der Waals surface area contributed by atoms with Crippen LogP contribution in [0.3, 0.4) is 0 Å². The summed E-state index contributed by atoms with van der Waals surface area (Å²) < 4.78 is 4.80. The number of rotatable bonds is 8. The zero-order valence-corrected chi connectivity index (χ0v) is 10.5. The van der Waals surface area contributed by atoms with E-state index < -0.39 is 0 Å². The molecule has 0 aliphatic rings. The molecule has 0 amide bonds. The highest BCUT2D eigenvalue weighted by molar-refractivity contribution is 5.75. The van der Waals surface area contributed by atoms with Gasteiger partial charge in [0.15, 0.2) is 0 Å². The van der Waals surface area contributed by atoms with Crippen molar-refractivity contribution in [1.82, 2.24) is 5.32 Å². The number of ether oxygens (including phenoxy) is 1. The smallest absolute Gasteiger partial charge is 0.322 e. The first-order valence-electron chi connectivity index (χ1n) is 6.03. The van der Waals surface area contributed by atoms with E-state index >= 15 is 0 Å². The molecule has 0 aromatic heterocycles. The summed E-state index contributed by atoms with van der Waals surface area (Å²) in [7, 11) is 1.45. The molecule has 0 aliphatic heterocycles. The molecule has 1 atom stereocenters. The Morgan fingerprint density at radius 2 is 1.87 bits per heavy atom. The lowest BCUT2D eigenvalue weighted by Gasteiger charge is -2.22. The Bertz CT molecular complexity index is 167. The van der Waals surface area contributed by atoms with Crippen LogP contribution in [0, 0.1) is 0 Å². The van der Waals surface area contributed by atoms with E-state index in [2.05, 4.69) is 26.1 Å². The number of carbonyl (C=O) groups is 1. The summed E-state index contributed by atoms with van der Waals surface area (Å²) >= 11 is 0. The summed E-state index contributed by atoms with van der Waals surface area (Å²) in [5, 5.41) is 3.36. The molecule has 0 radical (unpaired) electrons. The number of esters is 1. The number of unbranched alkanes of at least 4 members (excludes halogenated alkanes) is 1. The van der Waals surface area contributed by atoms with Crippen molar-refractivity contribution in [1.29, 1.82) is 0 Å². The number of methoxy groups -OCH3 is 1. The van der Waals surface area contributed by atoms with E-state index in [1.54, 1.807) is 0 Å². The van der Waals surface area contributed by atoms with Crippen LogP contribution in [0.4, 0.5) is 0 Å². The van der Waals surface area contributed by atoms with Gasteiger partial charge in [-0.25, -0.2) is 0 Å². The standard InChI is InChI=1S/C12H25NO2/c1-5-8-9-11(12(14)15-4)13-10(6-2)7-3/h10-11,13H,5-9H2,1-4H3. The molecule has 3 heteroatoms. The molecule has 0 aromatic carbocycles. The first-order valence-corrected chi connectivity index (χ1v) is 6.03. The van der Waals surface area contributed by atoms with Gasteiger partial charge in [0.05, 0.1) is 7.11 Å². The maximum absolute atomic E-state index is 11.5. The number of hydrogen-bond acceptors (Lipinski definition) is 3. The fourth-order valence-corrected chi connectivity index (χ4v) is 1.63. The molecular formula is C12H25NO2. The van der Waals surface area contributed by atoms with Gasteiger partial charge in [0.25, 0.3) is 0 Å². The molecule has 0 spiro atoms. The minimum atomic E-state index is -0.129. The summed E-state index contributed by atoms with van der Waals surface area (Å²) in [4.78, 5) is 11.5. The van der Waals surface area contributed by atoms with Gasteiger partial charge in [-0.05, 0) is 19.3 Å². The Balaban J connectivity index is 4.15. The molecule has 0 rings (SSSR count). The Morgan fingerprint density at radius 1 is 1.27 bits per heavy atom. The summed E-state index contributed by atoms with van der Waals surface area (Å²) in [5.41, 5.74) is 0. The minimum Gasteiger partial charge on any atom is -0.468 e. The fourth-order valence-electron chi connectivity index (χ4n) is 1.63. The second-order valence-electron chi connectivity index (χ2n) is 3.90. The first-order chi connectivity index (χ1) is 7.19. The van der Waals surface area contributed by atoms with Crippen molar-refractivity contribution in [2.45, 2.75) is 65.0 Å². The maximum atomic E-state index is 11.5. The van der Waals surface area contributed by atoms with Crippen molar-refractivity contribution in [3.63, 3.8) is 0 Å². The number of carbonyl (C=O) groups excluding carboxylic acids is 1. The van der Waals surface area contributed by atoms with Crippen molar-refractivity contribution in [3.05, 3.63) is 0 Å². The Hall–Kier alpha value is -0.570. The first kappa shape index (κ1) is 14.4. The second kappa shape index (κ2) is 8.72. The predicted molar refractivity (Wildman–Crippen MR) is 62.8 cm³/mol. The highest BCUT2D eigenvalue weighted by atomic mass is 16.5. The largest absolute Gasteiger partial charge is 0.468 e. The quantitative estimate of drug-likeness (QED) is 0.632. The predicted octanol–water partition coefficient (Wildman–Crippen LogP) is 2.50. The fraction of sp³-hybridized carbons (Fsp3) is 0.917. The van der Waals surface area contributed by atoms with E-state index in [0.717, 1.165) is 32.1 Å². The average Bonchev–Trinajstić information content (AvgIpc) is 2.28. The van der Waals surface area contributed by atoms with Crippen LogP contribution < -0.4 is 5.32 Å². The van der Waals surface area contributed by atoms with E-state index in [4.69, 9.17) is 4.74 Å². The molecule has 0 aromatic rings. The number of nitrogens with one attached hydrogen (secondary N) is 1. The van der Waals surface area contributed by atoms with Crippen molar-refractivity contribution < 1.29 is 9.53 Å². The lowest BCUT2D eigenvalue weighted by molar-refractivity contribution is -0.143. The highest BCUT2D eigenvalue weighted by Gasteiger charge is 2.20. The Morgan fingerprint density at radius 3 is 2.27 bits per heavy atom. The molecule has 3 nitrogen and oxygen atoms in total. The second-order valence-corrected chi connectivity index (χ2v) is 3.90. The summed E-state index contributed by atoms with van der Waals surface area (Å²) in [6.45, 7) is 6.40. The van der Waals surface area contributed by atoms with E-state index in [9.17, 15) is 4.79 Å². The lowest BCUT2D eigenvalue weighted by atomic mass is 10.1. The zero-order chi connectivity index (χ0) is 11.7. The Kier molecular flexibility index (Phi) is 8.38. The van der Waals surface area contributed by atoms with E-state index in [1.807, 2.05) is 0 Å². The molecule has 0 bridgehead atoms. The SMILES string of the molecule is CCCCC(NC(CC)CC)C(=O)OC. The monoisotopic (exact) mass is 215 g/mol. The van der Waals surface area contributed by atoms with Crippen molar-refractivity contribution >= 4 is 5.97 Å². The average molecular weight is 215 g/mol. The molecule has 1 N–H and O–H groups in total. The third-order valence-electron chi connectivity index (χ3n) is 2.75. The van der Waals surface area contributed by atoms with E-state index in [0.29, 0.717) is 6.04 Å². The van der Waals surface area contributed by atoms with Gasteiger partial charge in [0, 0.05) is 6.04 Å². The topological polar surface area (TPSA) is 38.3 Å². The molecule has 0 saturated heterocycles. The highest BCUT2D eigenvalue weighted by Crippen LogP contribution is 2.06. The van der Waals surface area contributed by atoms with Gasteiger partial charge in [-0.2, -0.15) is 0 Å². The molecule has 0 heterocycles. The third kappa shape index (κ3) is 5.78. The third-order valence-corrected chi connectivity index (χ3v) is 2.75. The van der Waals surface area contributed by atoms with Gasteiger partial charge in [-0.15, -0.1) is 0 Å². The van der Waals surface area contributed by atoms with Gasteiger partial charge in [0.2, 0.25) is 0 Å². The lowest BCUT2D eigenvalue weighted by Crippen LogP contribution is -2.43. The molecule has 0 saturated carbocycles. The molecule has 0 fully saturated rings. The summed E-state index contributed by atoms with van der Waals surface area (Å²) in [6.07, 6.45) is 5.15.